The van der Waals surface area contributed by atoms with Crippen LogP contribution in [-0.2, 0) is 19.5 Å². The average Bonchev–Trinajstić information content (AvgIpc) is 3.31. The van der Waals surface area contributed by atoms with E-state index in [9.17, 15) is 0 Å². The van der Waals surface area contributed by atoms with Crippen LogP contribution in [0.4, 0.5) is 5.69 Å². The van der Waals surface area contributed by atoms with E-state index in [1.54, 1.807) is 12.4 Å². The standard InChI is InChI=1S/C26H22Cl2N6S/c27-22-5-7-23(8-6-22)32-26(35)33(17-21-9-11-30-15-25(21)28)12-10-24-14-31-18-34(24)16-20-3-1-19(13-29)2-4-20/h1-9,11,14-15,18H,10,12,16-17H2,(H,32,35). The van der Waals surface area contributed by atoms with E-state index in [-0.39, 0.29) is 0 Å². The lowest BCUT2D eigenvalue weighted by atomic mass is 10.1. The number of aromatic nitrogens is 3. The predicted octanol–water partition coefficient (Wildman–Crippen LogP) is 5.95. The molecule has 176 valence electrons. The number of pyridine rings is 1. The summed E-state index contributed by atoms with van der Waals surface area (Å²) in [6.45, 7) is 1.85. The Balaban J connectivity index is 1.48. The molecule has 35 heavy (non-hydrogen) atoms. The first kappa shape index (κ1) is 24.7. The molecule has 0 saturated heterocycles. The third kappa shape index (κ3) is 6.80. The first-order chi connectivity index (χ1) is 17.0. The normalized spacial score (nSPS) is 10.5. The lowest BCUT2D eigenvalue weighted by Gasteiger charge is -2.26. The summed E-state index contributed by atoms with van der Waals surface area (Å²) in [6.07, 6.45) is 7.78. The van der Waals surface area contributed by atoms with Crippen molar-refractivity contribution in [3.63, 3.8) is 0 Å². The summed E-state index contributed by atoms with van der Waals surface area (Å²) in [6, 6.07) is 19.0. The van der Waals surface area contributed by atoms with Crippen LogP contribution in [0, 0.1) is 11.3 Å². The van der Waals surface area contributed by atoms with Crippen LogP contribution in [0.15, 0.2) is 79.5 Å². The van der Waals surface area contributed by atoms with Crippen molar-refractivity contribution in [1.29, 1.82) is 5.26 Å². The molecule has 0 unspecified atom stereocenters. The fourth-order valence-corrected chi connectivity index (χ4v) is 4.13. The van der Waals surface area contributed by atoms with Crippen LogP contribution in [0.2, 0.25) is 10.0 Å². The maximum Gasteiger partial charge on any atom is 0.173 e. The van der Waals surface area contributed by atoms with Gasteiger partial charge in [0.15, 0.2) is 5.11 Å². The molecule has 0 radical (unpaired) electrons. The van der Waals surface area contributed by atoms with E-state index in [0.717, 1.165) is 28.9 Å². The second-order valence-corrected chi connectivity index (χ2v) is 9.13. The van der Waals surface area contributed by atoms with Gasteiger partial charge in [-0.15, -0.1) is 0 Å². The lowest BCUT2D eigenvalue weighted by Crippen LogP contribution is -2.36. The molecule has 9 heteroatoms. The minimum atomic E-state index is 0.532. The van der Waals surface area contributed by atoms with Crippen LogP contribution in [0.3, 0.4) is 0 Å². The zero-order chi connectivity index (χ0) is 24.6. The van der Waals surface area contributed by atoms with Gasteiger partial charge in [-0.1, -0.05) is 35.3 Å². The van der Waals surface area contributed by atoms with Crippen molar-refractivity contribution in [3.05, 3.63) is 112 Å². The Bertz CT molecular complexity index is 1330. The molecule has 0 spiro atoms. The molecule has 2 heterocycles. The molecule has 6 nitrogen and oxygen atoms in total. The van der Waals surface area contributed by atoms with Crippen LogP contribution in [0.25, 0.3) is 0 Å². The Kier molecular flexibility index (Phi) is 8.32. The van der Waals surface area contributed by atoms with Gasteiger partial charge < -0.3 is 14.8 Å². The van der Waals surface area contributed by atoms with Crippen molar-refractivity contribution >= 4 is 46.2 Å². The highest BCUT2D eigenvalue weighted by molar-refractivity contribution is 7.80. The molecule has 0 aliphatic rings. The number of thiocarbonyl (C=S) groups is 1. The number of imidazole rings is 1. The number of hydrogen-bond donors (Lipinski definition) is 1. The molecule has 0 aliphatic heterocycles. The van der Waals surface area contributed by atoms with Crippen molar-refractivity contribution in [2.24, 2.45) is 0 Å². The minimum Gasteiger partial charge on any atom is -0.344 e. The van der Waals surface area contributed by atoms with Crippen molar-refractivity contribution < 1.29 is 0 Å². The maximum absolute atomic E-state index is 9.02. The number of nitrogens with zero attached hydrogens (tertiary/aromatic N) is 5. The summed E-state index contributed by atoms with van der Waals surface area (Å²) in [7, 11) is 0. The van der Waals surface area contributed by atoms with E-state index in [1.165, 1.54) is 0 Å². The van der Waals surface area contributed by atoms with Crippen molar-refractivity contribution in [2.75, 3.05) is 11.9 Å². The maximum atomic E-state index is 9.02. The Labute approximate surface area is 219 Å². The van der Waals surface area contributed by atoms with Gasteiger partial charge in [0.25, 0.3) is 0 Å². The number of hydrogen-bond acceptors (Lipinski definition) is 4. The van der Waals surface area contributed by atoms with E-state index in [0.29, 0.717) is 40.4 Å². The molecule has 4 aromatic rings. The van der Waals surface area contributed by atoms with Gasteiger partial charge in [-0.25, -0.2) is 4.98 Å². The topological polar surface area (TPSA) is 69.8 Å². The van der Waals surface area contributed by atoms with Crippen LogP contribution in [0.1, 0.15) is 22.4 Å². The van der Waals surface area contributed by atoms with Gasteiger partial charge in [0, 0.05) is 61.0 Å². The molecule has 4 rings (SSSR count). The largest absolute Gasteiger partial charge is 0.344 e. The number of rotatable bonds is 8. The van der Waals surface area contributed by atoms with E-state index >= 15 is 0 Å². The van der Waals surface area contributed by atoms with E-state index < -0.39 is 0 Å². The monoisotopic (exact) mass is 520 g/mol. The molecule has 2 aromatic heterocycles. The van der Waals surface area contributed by atoms with E-state index in [1.807, 2.05) is 67.1 Å². The smallest absolute Gasteiger partial charge is 0.173 e. The van der Waals surface area contributed by atoms with Crippen molar-refractivity contribution in [3.8, 4) is 6.07 Å². The van der Waals surface area contributed by atoms with Gasteiger partial charge in [0.05, 0.1) is 23.0 Å². The number of nitriles is 1. The van der Waals surface area contributed by atoms with Crippen LogP contribution < -0.4 is 5.32 Å². The second-order valence-electron chi connectivity index (χ2n) is 7.90. The van der Waals surface area contributed by atoms with Crippen LogP contribution in [-0.4, -0.2) is 31.1 Å². The van der Waals surface area contributed by atoms with Gasteiger partial charge in [-0.2, -0.15) is 5.26 Å². The fourth-order valence-electron chi connectivity index (χ4n) is 3.56. The number of benzene rings is 2. The molecular weight excluding hydrogens is 499 g/mol. The molecule has 0 saturated carbocycles. The summed E-state index contributed by atoms with van der Waals surface area (Å²) >= 11 is 18.2. The van der Waals surface area contributed by atoms with Gasteiger partial charge in [0.1, 0.15) is 0 Å². The SMILES string of the molecule is N#Cc1ccc(Cn2cncc2CCN(Cc2ccncc2Cl)C(=S)Nc2ccc(Cl)cc2)cc1. The van der Waals surface area contributed by atoms with Gasteiger partial charge in [-0.3, -0.25) is 4.98 Å². The zero-order valence-corrected chi connectivity index (χ0v) is 21.1. The third-order valence-electron chi connectivity index (χ3n) is 5.47. The highest BCUT2D eigenvalue weighted by Gasteiger charge is 2.15. The minimum absolute atomic E-state index is 0.532. The third-order valence-corrected chi connectivity index (χ3v) is 6.43. The molecule has 0 amide bonds. The van der Waals surface area contributed by atoms with Crippen LogP contribution in [0.5, 0.6) is 0 Å². The van der Waals surface area contributed by atoms with Crippen molar-refractivity contribution in [1.82, 2.24) is 19.4 Å². The van der Waals surface area contributed by atoms with Gasteiger partial charge in [-0.05, 0) is 65.8 Å². The molecule has 0 bridgehead atoms. The highest BCUT2D eigenvalue weighted by atomic mass is 35.5. The molecule has 0 atom stereocenters. The average molecular weight is 521 g/mol. The zero-order valence-electron chi connectivity index (χ0n) is 18.7. The second kappa shape index (κ2) is 11.8. The summed E-state index contributed by atoms with van der Waals surface area (Å²) in [5, 5.41) is 14.2. The first-order valence-corrected chi connectivity index (χ1v) is 12.1. The summed E-state index contributed by atoms with van der Waals surface area (Å²) in [5.74, 6) is 0. The molecule has 0 fully saturated rings. The van der Waals surface area contributed by atoms with E-state index in [2.05, 4.69) is 30.8 Å². The molecule has 1 N–H and O–H groups in total. The Morgan fingerprint density at radius 1 is 1.03 bits per heavy atom. The van der Waals surface area contributed by atoms with E-state index in [4.69, 9.17) is 40.7 Å². The number of halogens is 2. The quantitative estimate of drug-likeness (QED) is 0.289. The Morgan fingerprint density at radius 2 is 1.80 bits per heavy atom. The molecule has 2 aromatic carbocycles. The number of nitrogens with one attached hydrogen (secondary N) is 1. The fraction of sp³-hybridized carbons (Fsp3) is 0.154. The first-order valence-electron chi connectivity index (χ1n) is 10.9. The van der Waals surface area contributed by atoms with Crippen LogP contribution >= 0.6 is 35.4 Å². The van der Waals surface area contributed by atoms with Gasteiger partial charge >= 0.3 is 0 Å². The molecule has 0 aliphatic carbocycles. The summed E-state index contributed by atoms with van der Waals surface area (Å²) < 4.78 is 2.11. The Morgan fingerprint density at radius 3 is 2.51 bits per heavy atom. The molecular formula is C26H22Cl2N6S. The van der Waals surface area contributed by atoms with Gasteiger partial charge in [0.2, 0.25) is 0 Å². The summed E-state index contributed by atoms with van der Waals surface area (Å²) in [4.78, 5) is 10.5. The number of anilines is 1. The Hall–Kier alpha value is -3.44. The lowest BCUT2D eigenvalue weighted by molar-refractivity contribution is 0.418. The highest BCUT2D eigenvalue weighted by Crippen LogP contribution is 2.19. The summed E-state index contributed by atoms with van der Waals surface area (Å²) in [5.41, 5.74) is 4.62. The predicted molar refractivity (Wildman–Crippen MR) is 144 cm³/mol. The van der Waals surface area contributed by atoms with Crippen molar-refractivity contribution in [2.45, 2.75) is 19.5 Å².